The van der Waals surface area contributed by atoms with Crippen molar-refractivity contribution in [2.24, 2.45) is 5.92 Å². The van der Waals surface area contributed by atoms with Crippen molar-refractivity contribution in [2.75, 3.05) is 51.1 Å². The second-order valence-corrected chi connectivity index (χ2v) is 10.3. The number of carbonyl (C=O) groups excluding carboxylic acids is 1. The summed E-state index contributed by atoms with van der Waals surface area (Å²) in [4.78, 5) is 19.6. The number of rotatable bonds is 6. The van der Waals surface area contributed by atoms with Gasteiger partial charge in [-0.05, 0) is 74.5 Å². The Bertz CT molecular complexity index is 966. The van der Waals surface area contributed by atoms with Crippen LogP contribution in [0.4, 0.5) is 14.9 Å². The molecule has 0 aromatic heterocycles. The Balaban J connectivity index is 1.21. The van der Waals surface area contributed by atoms with Gasteiger partial charge in [-0.25, -0.2) is 9.18 Å². The Hall–Kier alpha value is -1.86. The standard InChI is InChI=1S/C26H33Cl2FN4O/c1-19(15-20-4-6-22(29)7-5-20)33-10-2-3-21(18-33)17-31-11-13-32(14-12-31)26(34)30-23-8-9-24(27)25(28)16-23/h4-9,16,19,21H,2-3,10-15,17-18H2,1H3,(H,30,34)/t19?,21-/m0/s1. The molecule has 2 amide bonds. The number of nitrogens with zero attached hydrogens (tertiary/aromatic N) is 3. The van der Waals surface area contributed by atoms with Gasteiger partial charge >= 0.3 is 6.03 Å². The number of piperidine rings is 1. The van der Waals surface area contributed by atoms with Crippen molar-refractivity contribution in [3.63, 3.8) is 0 Å². The third-order valence-corrected chi connectivity index (χ3v) is 7.70. The molecule has 0 radical (unpaired) electrons. The van der Waals surface area contributed by atoms with Crippen LogP contribution in [0.3, 0.4) is 0 Å². The van der Waals surface area contributed by atoms with Gasteiger partial charge in [-0.15, -0.1) is 0 Å². The molecule has 0 saturated carbocycles. The predicted octanol–water partition coefficient (Wildman–Crippen LogP) is 5.63. The molecule has 2 saturated heterocycles. The largest absolute Gasteiger partial charge is 0.322 e. The first-order valence-electron chi connectivity index (χ1n) is 12.1. The summed E-state index contributed by atoms with van der Waals surface area (Å²) in [6, 6.07) is 12.3. The number of urea groups is 1. The highest BCUT2D eigenvalue weighted by molar-refractivity contribution is 6.42. The van der Waals surface area contributed by atoms with E-state index < -0.39 is 0 Å². The monoisotopic (exact) mass is 506 g/mol. The number of piperazine rings is 1. The fourth-order valence-electron chi connectivity index (χ4n) is 5.01. The van der Waals surface area contributed by atoms with Crippen molar-refractivity contribution in [3.05, 3.63) is 63.9 Å². The molecular weight excluding hydrogens is 474 g/mol. The lowest BCUT2D eigenvalue weighted by molar-refractivity contribution is 0.0849. The first kappa shape index (κ1) is 25.2. The minimum absolute atomic E-state index is 0.100. The molecule has 2 atom stereocenters. The average Bonchev–Trinajstić information content (AvgIpc) is 2.83. The third kappa shape index (κ3) is 6.85. The van der Waals surface area contributed by atoms with Gasteiger partial charge in [0.25, 0.3) is 0 Å². The molecule has 8 heteroatoms. The Morgan fingerprint density at radius 3 is 2.50 bits per heavy atom. The van der Waals surface area contributed by atoms with E-state index in [0.29, 0.717) is 40.8 Å². The zero-order chi connectivity index (χ0) is 24.1. The summed E-state index contributed by atoms with van der Waals surface area (Å²) in [5, 5.41) is 3.82. The Morgan fingerprint density at radius 1 is 1.06 bits per heavy atom. The maximum absolute atomic E-state index is 13.2. The van der Waals surface area contributed by atoms with E-state index in [0.717, 1.165) is 39.1 Å². The van der Waals surface area contributed by atoms with Crippen molar-refractivity contribution >= 4 is 34.9 Å². The summed E-state index contributed by atoms with van der Waals surface area (Å²) in [7, 11) is 0. The molecule has 1 unspecified atom stereocenters. The summed E-state index contributed by atoms with van der Waals surface area (Å²) < 4.78 is 13.2. The number of likely N-dealkylation sites (tertiary alicyclic amines) is 1. The summed E-state index contributed by atoms with van der Waals surface area (Å²) in [5.41, 5.74) is 1.84. The highest BCUT2D eigenvalue weighted by atomic mass is 35.5. The number of halogens is 3. The fraction of sp³-hybridized carbons (Fsp3) is 0.500. The Labute approximate surface area is 211 Å². The van der Waals surface area contributed by atoms with Crippen LogP contribution in [0.25, 0.3) is 0 Å². The van der Waals surface area contributed by atoms with Gasteiger partial charge in [0.15, 0.2) is 0 Å². The third-order valence-electron chi connectivity index (χ3n) is 6.96. The SMILES string of the molecule is CC(Cc1ccc(F)cc1)N1CCC[C@@H](CN2CCN(C(=O)Nc3ccc(Cl)c(Cl)c3)CC2)C1. The molecule has 2 fully saturated rings. The first-order chi connectivity index (χ1) is 16.4. The molecule has 0 spiro atoms. The zero-order valence-corrected chi connectivity index (χ0v) is 21.2. The second kappa shape index (κ2) is 11.7. The molecule has 0 aliphatic carbocycles. The van der Waals surface area contributed by atoms with Crippen LogP contribution in [0.1, 0.15) is 25.3 Å². The van der Waals surface area contributed by atoms with Crippen LogP contribution in [0.2, 0.25) is 10.0 Å². The van der Waals surface area contributed by atoms with Crippen LogP contribution in [0.5, 0.6) is 0 Å². The van der Waals surface area contributed by atoms with Gasteiger partial charge < -0.3 is 15.1 Å². The number of hydrogen-bond acceptors (Lipinski definition) is 3. The number of anilines is 1. The molecule has 2 aliphatic heterocycles. The van der Waals surface area contributed by atoms with E-state index in [1.165, 1.54) is 18.4 Å². The van der Waals surface area contributed by atoms with Gasteiger partial charge in [-0.2, -0.15) is 0 Å². The topological polar surface area (TPSA) is 38.8 Å². The molecule has 1 N–H and O–H groups in total. The smallest absolute Gasteiger partial charge is 0.321 e. The summed E-state index contributed by atoms with van der Waals surface area (Å²) >= 11 is 12.0. The lowest BCUT2D eigenvalue weighted by Crippen LogP contribution is -2.52. The molecular formula is C26H33Cl2FN4O. The van der Waals surface area contributed by atoms with Crippen molar-refractivity contribution in [1.29, 1.82) is 0 Å². The maximum atomic E-state index is 13.2. The lowest BCUT2D eigenvalue weighted by atomic mass is 9.94. The molecule has 4 rings (SSSR count). The maximum Gasteiger partial charge on any atom is 0.321 e. The summed E-state index contributed by atoms with van der Waals surface area (Å²) in [5.74, 6) is 0.461. The molecule has 184 valence electrons. The lowest BCUT2D eigenvalue weighted by Gasteiger charge is -2.41. The quantitative estimate of drug-likeness (QED) is 0.551. The average molecular weight is 507 g/mol. The highest BCUT2D eigenvalue weighted by Crippen LogP contribution is 2.25. The van der Waals surface area contributed by atoms with Gasteiger partial charge in [0.1, 0.15) is 5.82 Å². The van der Waals surface area contributed by atoms with Gasteiger partial charge in [0.2, 0.25) is 0 Å². The number of carbonyl (C=O) groups is 1. The van der Waals surface area contributed by atoms with Crippen LogP contribution in [0, 0.1) is 11.7 Å². The number of nitrogens with one attached hydrogen (secondary N) is 1. The number of amides is 2. The minimum Gasteiger partial charge on any atom is -0.322 e. The minimum atomic E-state index is -0.179. The molecule has 2 aromatic rings. The van der Waals surface area contributed by atoms with Crippen LogP contribution < -0.4 is 5.32 Å². The van der Waals surface area contributed by atoms with E-state index in [1.807, 2.05) is 17.0 Å². The first-order valence-corrected chi connectivity index (χ1v) is 12.8. The van der Waals surface area contributed by atoms with Crippen LogP contribution >= 0.6 is 23.2 Å². The van der Waals surface area contributed by atoms with Gasteiger partial charge in [-0.3, -0.25) is 4.90 Å². The van der Waals surface area contributed by atoms with Crippen molar-refractivity contribution in [1.82, 2.24) is 14.7 Å². The second-order valence-electron chi connectivity index (χ2n) is 9.53. The Morgan fingerprint density at radius 2 is 1.79 bits per heavy atom. The van der Waals surface area contributed by atoms with E-state index in [4.69, 9.17) is 23.2 Å². The van der Waals surface area contributed by atoms with Crippen LogP contribution in [0.15, 0.2) is 42.5 Å². The normalized spacial score (nSPS) is 20.8. The zero-order valence-electron chi connectivity index (χ0n) is 19.7. The molecule has 0 bridgehead atoms. The van der Waals surface area contributed by atoms with Crippen molar-refractivity contribution in [2.45, 2.75) is 32.2 Å². The van der Waals surface area contributed by atoms with Gasteiger partial charge in [0.05, 0.1) is 10.0 Å². The molecule has 5 nitrogen and oxygen atoms in total. The van der Waals surface area contributed by atoms with E-state index >= 15 is 0 Å². The molecule has 2 aliphatic rings. The van der Waals surface area contributed by atoms with E-state index in [2.05, 4.69) is 22.0 Å². The summed E-state index contributed by atoms with van der Waals surface area (Å²) in [6.07, 6.45) is 3.40. The molecule has 2 aromatic carbocycles. The van der Waals surface area contributed by atoms with E-state index in [-0.39, 0.29) is 11.8 Å². The predicted molar refractivity (Wildman–Crippen MR) is 137 cm³/mol. The van der Waals surface area contributed by atoms with Gasteiger partial charge in [-0.1, -0.05) is 35.3 Å². The van der Waals surface area contributed by atoms with Gasteiger partial charge in [0, 0.05) is 51.0 Å². The fourth-order valence-corrected chi connectivity index (χ4v) is 5.31. The van der Waals surface area contributed by atoms with Crippen LogP contribution in [-0.2, 0) is 6.42 Å². The van der Waals surface area contributed by atoms with Crippen molar-refractivity contribution in [3.8, 4) is 0 Å². The Kier molecular flexibility index (Phi) is 8.70. The van der Waals surface area contributed by atoms with E-state index in [1.54, 1.807) is 30.3 Å². The van der Waals surface area contributed by atoms with Crippen molar-refractivity contribution < 1.29 is 9.18 Å². The van der Waals surface area contributed by atoms with E-state index in [9.17, 15) is 9.18 Å². The van der Waals surface area contributed by atoms with Crippen LogP contribution in [-0.4, -0.2) is 72.6 Å². The number of benzene rings is 2. The number of hydrogen-bond donors (Lipinski definition) is 1. The molecule has 34 heavy (non-hydrogen) atoms. The summed E-state index contributed by atoms with van der Waals surface area (Å²) in [6.45, 7) is 8.77. The molecule has 2 heterocycles. The highest BCUT2D eigenvalue weighted by Gasteiger charge is 2.27.